The Morgan fingerprint density at radius 3 is 2.68 bits per heavy atom. The molecule has 11 nitrogen and oxygen atoms in total. The van der Waals surface area contributed by atoms with E-state index in [-0.39, 0.29) is 17.3 Å². The van der Waals surface area contributed by atoms with Crippen molar-refractivity contribution in [3.8, 4) is 5.75 Å². The van der Waals surface area contributed by atoms with Gasteiger partial charge in [-0.3, -0.25) is 25.0 Å². The molecule has 2 aliphatic heterocycles. The Morgan fingerprint density at radius 1 is 1.21 bits per heavy atom. The van der Waals surface area contributed by atoms with Crippen LogP contribution in [0.15, 0.2) is 54.6 Å². The minimum atomic E-state index is -0.869. The molecular weight excluding hydrogens is 444 g/mol. The number of non-ortho nitro benzene ring substituents is 1. The van der Waals surface area contributed by atoms with E-state index in [0.29, 0.717) is 37.4 Å². The van der Waals surface area contributed by atoms with E-state index in [0.717, 1.165) is 17.7 Å². The molecule has 0 radical (unpaired) electrons. The molecule has 3 amide bonds. The Kier molecular flexibility index (Phi) is 6.17. The van der Waals surface area contributed by atoms with E-state index < -0.39 is 22.5 Å². The number of anilines is 2. The number of hydrogen-bond acceptors (Lipinski definition) is 7. The van der Waals surface area contributed by atoms with E-state index in [2.05, 4.69) is 10.6 Å². The molecule has 34 heavy (non-hydrogen) atoms. The van der Waals surface area contributed by atoms with E-state index in [9.17, 15) is 24.5 Å². The third kappa shape index (κ3) is 4.68. The van der Waals surface area contributed by atoms with Crippen molar-refractivity contribution in [1.29, 1.82) is 0 Å². The third-order valence-corrected chi connectivity index (χ3v) is 5.83. The molecule has 0 saturated carbocycles. The lowest BCUT2D eigenvalue weighted by molar-refractivity contribution is -0.384. The largest absolute Gasteiger partial charge is 0.497 e. The van der Waals surface area contributed by atoms with E-state index >= 15 is 0 Å². The average molecular weight is 466 g/mol. The van der Waals surface area contributed by atoms with Crippen molar-refractivity contribution in [3.63, 3.8) is 0 Å². The van der Waals surface area contributed by atoms with Crippen LogP contribution in [-0.4, -0.2) is 47.9 Å². The average Bonchev–Trinajstić information content (AvgIpc) is 2.83. The highest BCUT2D eigenvalue weighted by molar-refractivity contribution is 6.03. The van der Waals surface area contributed by atoms with Crippen molar-refractivity contribution < 1.29 is 28.8 Å². The monoisotopic (exact) mass is 466 g/mol. The van der Waals surface area contributed by atoms with Crippen molar-refractivity contribution >= 4 is 35.0 Å². The number of piperidine rings is 1. The summed E-state index contributed by atoms with van der Waals surface area (Å²) in [4.78, 5) is 48.7. The second-order valence-corrected chi connectivity index (χ2v) is 7.88. The third-order valence-electron chi connectivity index (χ3n) is 5.83. The number of likely N-dealkylation sites (tertiary alicyclic amines) is 1. The van der Waals surface area contributed by atoms with Gasteiger partial charge < -0.3 is 19.7 Å². The minimum Gasteiger partial charge on any atom is -0.497 e. The van der Waals surface area contributed by atoms with Crippen LogP contribution in [0.5, 0.6) is 5.75 Å². The van der Waals surface area contributed by atoms with Gasteiger partial charge in [0.25, 0.3) is 5.69 Å². The molecule has 4 rings (SSSR count). The molecule has 0 aromatic heterocycles. The maximum absolute atomic E-state index is 12.6. The van der Waals surface area contributed by atoms with Gasteiger partial charge in [-0.25, -0.2) is 4.79 Å². The van der Waals surface area contributed by atoms with Gasteiger partial charge in [-0.2, -0.15) is 0 Å². The number of benzene rings is 2. The molecule has 1 fully saturated rings. The first-order valence-corrected chi connectivity index (χ1v) is 10.5. The number of rotatable bonds is 5. The Balaban J connectivity index is 1.39. The van der Waals surface area contributed by atoms with Crippen molar-refractivity contribution in [1.82, 2.24) is 4.90 Å². The van der Waals surface area contributed by atoms with Gasteiger partial charge in [0, 0.05) is 61.5 Å². The number of nitrogens with one attached hydrogen (secondary N) is 2. The smallest absolute Gasteiger partial charge is 0.412 e. The van der Waals surface area contributed by atoms with Gasteiger partial charge in [-0.15, -0.1) is 0 Å². The first-order valence-electron chi connectivity index (χ1n) is 10.5. The second-order valence-electron chi connectivity index (χ2n) is 7.88. The van der Waals surface area contributed by atoms with E-state index in [1.165, 1.54) is 24.3 Å². The van der Waals surface area contributed by atoms with Crippen molar-refractivity contribution in [2.45, 2.75) is 18.4 Å². The standard InChI is InChI=1S/C23H22N4O7/c1-33-17-5-6-19-18(14-17)23(34-22(30)25-19)9-11-26(12-10-23)21(29)8-7-20(28)24-15-3-2-4-16(13-15)27(31)32/h2-8,13-14H,9-12H2,1H3,(H,24,28)(H,25,30)/b8-7+. The Hall–Kier alpha value is -4.41. The molecule has 2 N–H and O–H groups in total. The van der Waals surface area contributed by atoms with Crippen LogP contribution in [0.1, 0.15) is 18.4 Å². The van der Waals surface area contributed by atoms with E-state index in [1.807, 2.05) is 6.07 Å². The lowest BCUT2D eigenvalue weighted by Gasteiger charge is -2.44. The van der Waals surface area contributed by atoms with Gasteiger partial charge in [0.15, 0.2) is 0 Å². The minimum absolute atomic E-state index is 0.155. The van der Waals surface area contributed by atoms with Crippen molar-refractivity contribution in [2.75, 3.05) is 30.8 Å². The van der Waals surface area contributed by atoms with Crippen LogP contribution >= 0.6 is 0 Å². The lowest BCUT2D eigenvalue weighted by atomic mass is 9.82. The summed E-state index contributed by atoms with van der Waals surface area (Å²) in [5.74, 6) is -0.320. The molecule has 0 aliphatic carbocycles. The Labute approximate surface area is 194 Å². The predicted molar refractivity (Wildman–Crippen MR) is 121 cm³/mol. The summed E-state index contributed by atoms with van der Waals surface area (Å²) < 4.78 is 11.0. The number of fused-ring (bicyclic) bond motifs is 2. The summed E-state index contributed by atoms with van der Waals surface area (Å²) in [6.07, 6.45) is 2.46. The zero-order valence-electron chi connectivity index (χ0n) is 18.3. The highest BCUT2D eigenvalue weighted by Crippen LogP contribution is 2.44. The van der Waals surface area contributed by atoms with Gasteiger partial charge >= 0.3 is 6.09 Å². The molecular formula is C23H22N4O7. The topological polar surface area (TPSA) is 140 Å². The molecule has 2 aromatic carbocycles. The summed E-state index contributed by atoms with van der Waals surface area (Å²) in [5.41, 5.74) is 0.669. The summed E-state index contributed by atoms with van der Waals surface area (Å²) in [5, 5.41) is 16.0. The van der Waals surface area contributed by atoms with Crippen LogP contribution in [0.25, 0.3) is 0 Å². The molecule has 0 unspecified atom stereocenters. The van der Waals surface area contributed by atoms with Crippen molar-refractivity contribution in [3.05, 3.63) is 70.3 Å². The predicted octanol–water partition coefficient (Wildman–Crippen LogP) is 3.18. The van der Waals surface area contributed by atoms with Gasteiger partial charge in [0.05, 0.1) is 17.7 Å². The number of amides is 3. The van der Waals surface area contributed by atoms with Crippen LogP contribution < -0.4 is 15.4 Å². The molecule has 2 aromatic rings. The molecule has 176 valence electrons. The Bertz CT molecular complexity index is 1190. The number of nitrogens with zero attached hydrogens (tertiary/aromatic N) is 2. The summed E-state index contributed by atoms with van der Waals surface area (Å²) in [6.45, 7) is 0.638. The van der Waals surface area contributed by atoms with Crippen molar-refractivity contribution in [2.24, 2.45) is 0 Å². The Morgan fingerprint density at radius 2 is 1.97 bits per heavy atom. The van der Waals surface area contributed by atoms with Gasteiger partial charge in [0.1, 0.15) is 11.4 Å². The summed E-state index contributed by atoms with van der Waals surface area (Å²) in [7, 11) is 1.56. The number of ether oxygens (including phenoxy) is 2. The second kappa shape index (κ2) is 9.22. The summed E-state index contributed by atoms with van der Waals surface area (Å²) in [6, 6.07) is 10.8. The fourth-order valence-electron chi connectivity index (χ4n) is 4.10. The van der Waals surface area contributed by atoms with Gasteiger partial charge in [0.2, 0.25) is 11.8 Å². The van der Waals surface area contributed by atoms with E-state index in [1.54, 1.807) is 24.1 Å². The van der Waals surface area contributed by atoms with Crippen LogP contribution in [0.2, 0.25) is 0 Å². The van der Waals surface area contributed by atoms with Gasteiger partial charge in [-0.1, -0.05) is 6.07 Å². The van der Waals surface area contributed by atoms with Crippen LogP contribution in [-0.2, 0) is 19.9 Å². The zero-order valence-corrected chi connectivity index (χ0v) is 18.3. The number of carbonyl (C=O) groups excluding carboxylic acids is 3. The number of nitro benzene ring substituents is 1. The molecule has 2 aliphatic rings. The number of hydrogen-bond donors (Lipinski definition) is 2. The molecule has 1 saturated heterocycles. The number of carbonyl (C=O) groups is 3. The van der Waals surface area contributed by atoms with Crippen LogP contribution in [0.3, 0.4) is 0 Å². The number of methoxy groups -OCH3 is 1. The zero-order chi connectivity index (χ0) is 24.3. The highest BCUT2D eigenvalue weighted by Gasteiger charge is 2.45. The molecule has 11 heteroatoms. The normalized spacial score (nSPS) is 16.4. The van der Waals surface area contributed by atoms with Gasteiger partial charge in [-0.05, 0) is 24.3 Å². The molecule has 2 heterocycles. The van der Waals surface area contributed by atoms with Crippen LogP contribution in [0.4, 0.5) is 21.9 Å². The first-order chi connectivity index (χ1) is 16.3. The fourth-order valence-corrected chi connectivity index (χ4v) is 4.10. The highest BCUT2D eigenvalue weighted by atomic mass is 16.6. The summed E-state index contributed by atoms with van der Waals surface area (Å²) >= 11 is 0. The van der Waals surface area contributed by atoms with E-state index in [4.69, 9.17) is 9.47 Å². The maximum Gasteiger partial charge on any atom is 0.412 e. The first kappa shape index (κ1) is 22.8. The SMILES string of the molecule is COc1ccc2c(c1)C1(CCN(C(=O)/C=C/C(=O)Nc3cccc([N+](=O)[O-])c3)CC1)OC(=O)N2. The maximum atomic E-state index is 12.6. The fraction of sp³-hybridized carbons (Fsp3) is 0.261. The molecule has 0 bridgehead atoms. The number of nitro groups is 1. The molecule has 0 atom stereocenters. The quantitative estimate of drug-likeness (QED) is 0.392. The molecule has 1 spiro atoms. The lowest BCUT2D eigenvalue weighted by Crippen LogP contribution is -2.49. The van der Waals surface area contributed by atoms with Crippen LogP contribution in [0, 0.1) is 10.1 Å².